The summed E-state index contributed by atoms with van der Waals surface area (Å²) in [5, 5.41) is 17.5. The van der Waals surface area contributed by atoms with Crippen molar-refractivity contribution >= 4 is 29.2 Å². The highest BCUT2D eigenvalue weighted by Crippen LogP contribution is 2.21. The van der Waals surface area contributed by atoms with E-state index in [9.17, 15) is 5.11 Å². The van der Waals surface area contributed by atoms with Gasteiger partial charge >= 0.3 is 0 Å². The average molecular weight is 311 g/mol. The molecule has 0 radical (unpaired) electrons. The molecule has 0 bridgehead atoms. The van der Waals surface area contributed by atoms with Crippen LogP contribution in [0.2, 0.25) is 0 Å². The first kappa shape index (κ1) is 15.7. The smallest absolute Gasteiger partial charge is 0.191 e. The molecule has 4 nitrogen and oxygen atoms in total. The summed E-state index contributed by atoms with van der Waals surface area (Å²) in [6, 6.07) is 15.1. The van der Waals surface area contributed by atoms with Gasteiger partial charge in [0, 0.05) is 11.3 Å². The van der Waals surface area contributed by atoms with Gasteiger partial charge in [-0.1, -0.05) is 36.4 Å². The molecule has 0 atom stereocenters. The lowest BCUT2D eigenvalue weighted by Gasteiger charge is -2.07. The molecule has 0 aliphatic rings. The Labute approximate surface area is 135 Å². The number of phenols is 1. The highest BCUT2D eigenvalue weighted by Gasteiger charge is 2.03. The molecule has 112 valence electrons. The summed E-state index contributed by atoms with van der Waals surface area (Å²) in [6.07, 6.45) is 3.88. The molecule has 5 heteroatoms. The minimum absolute atomic E-state index is 0.204. The fraction of sp³-hybridized carbons (Fsp3) is 0.0588. The Morgan fingerprint density at radius 2 is 1.95 bits per heavy atom. The number of phenolic OH excluding ortho intramolecular Hbond substituents is 1. The molecule has 0 aromatic heterocycles. The predicted molar refractivity (Wildman–Crippen MR) is 95.4 cm³/mol. The first-order valence-corrected chi connectivity index (χ1v) is 7.18. The van der Waals surface area contributed by atoms with Crippen molar-refractivity contribution < 1.29 is 5.11 Å². The summed E-state index contributed by atoms with van der Waals surface area (Å²) in [7, 11) is 0. The molecule has 2 aromatic rings. The number of hydrogen-bond donors (Lipinski definition) is 3. The van der Waals surface area contributed by atoms with Crippen LogP contribution in [0.3, 0.4) is 0 Å². The van der Waals surface area contributed by atoms with Crippen LogP contribution >= 0.6 is 12.2 Å². The Morgan fingerprint density at radius 3 is 2.68 bits per heavy atom. The molecule has 0 heterocycles. The number of anilines is 1. The molecule has 0 unspecified atom stereocenters. The van der Waals surface area contributed by atoms with Crippen LogP contribution in [0.1, 0.15) is 11.1 Å². The van der Waals surface area contributed by atoms with Gasteiger partial charge in [-0.15, -0.1) is 6.58 Å². The molecule has 0 aliphatic carbocycles. The summed E-state index contributed by atoms with van der Waals surface area (Å²) in [6.45, 7) is 3.67. The van der Waals surface area contributed by atoms with E-state index >= 15 is 0 Å². The van der Waals surface area contributed by atoms with Gasteiger partial charge in [0.25, 0.3) is 0 Å². The fourth-order valence-electron chi connectivity index (χ4n) is 1.88. The van der Waals surface area contributed by atoms with Crippen LogP contribution in [0, 0.1) is 0 Å². The molecular weight excluding hydrogens is 294 g/mol. The van der Waals surface area contributed by atoms with Gasteiger partial charge in [0.1, 0.15) is 5.75 Å². The maximum atomic E-state index is 10.1. The molecule has 0 fully saturated rings. The van der Waals surface area contributed by atoms with Crippen molar-refractivity contribution in [2.75, 3.05) is 5.32 Å². The van der Waals surface area contributed by atoms with E-state index in [1.54, 1.807) is 12.1 Å². The van der Waals surface area contributed by atoms with E-state index in [-0.39, 0.29) is 5.75 Å². The average Bonchev–Trinajstić information content (AvgIpc) is 2.52. The lowest BCUT2D eigenvalue weighted by molar-refractivity contribution is 0.469. The van der Waals surface area contributed by atoms with Crippen molar-refractivity contribution in [3.05, 3.63) is 72.3 Å². The van der Waals surface area contributed by atoms with Gasteiger partial charge in [0.15, 0.2) is 5.11 Å². The second-order valence-corrected chi connectivity index (χ2v) is 4.95. The van der Waals surface area contributed by atoms with Crippen molar-refractivity contribution in [3.8, 4) is 5.75 Å². The third-order valence-corrected chi connectivity index (χ3v) is 3.11. The quantitative estimate of drug-likeness (QED) is 0.343. The molecule has 2 rings (SSSR count). The number of benzene rings is 2. The zero-order valence-electron chi connectivity index (χ0n) is 12.0. The van der Waals surface area contributed by atoms with Crippen LogP contribution in [0.15, 0.2) is 66.3 Å². The van der Waals surface area contributed by atoms with Crippen molar-refractivity contribution in [2.24, 2.45) is 5.10 Å². The molecule has 3 N–H and O–H groups in total. The normalized spacial score (nSPS) is 10.4. The highest BCUT2D eigenvalue weighted by molar-refractivity contribution is 7.80. The van der Waals surface area contributed by atoms with Gasteiger partial charge in [0.2, 0.25) is 0 Å². The van der Waals surface area contributed by atoms with Crippen LogP contribution < -0.4 is 10.7 Å². The molecule has 22 heavy (non-hydrogen) atoms. The van der Waals surface area contributed by atoms with Crippen molar-refractivity contribution in [3.63, 3.8) is 0 Å². The molecule has 0 aliphatic heterocycles. The standard InChI is InChI=1S/C17H17N3OS/c1-2-7-13-8-6-9-14(16(13)21)12-18-20-17(22)19-15-10-4-3-5-11-15/h2-6,8-12,21H,1,7H2,(H2,19,20,22)/b18-12+. The zero-order valence-corrected chi connectivity index (χ0v) is 12.8. The van der Waals surface area contributed by atoms with Crippen LogP contribution in [0.25, 0.3) is 0 Å². The Morgan fingerprint density at radius 1 is 1.18 bits per heavy atom. The number of para-hydroxylation sites is 2. The lowest BCUT2D eigenvalue weighted by Crippen LogP contribution is -2.23. The maximum Gasteiger partial charge on any atom is 0.191 e. The SMILES string of the molecule is C=CCc1cccc(/C=N/NC(=S)Nc2ccccc2)c1O. The molecule has 0 saturated heterocycles. The number of hydrazone groups is 1. The van der Waals surface area contributed by atoms with Crippen LogP contribution in [-0.4, -0.2) is 16.4 Å². The number of hydrogen-bond acceptors (Lipinski definition) is 3. The molecule has 2 aromatic carbocycles. The summed E-state index contributed by atoms with van der Waals surface area (Å²) >= 11 is 5.14. The summed E-state index contributed by atoms with van der Waals surface area (Å²) in [5.74, 6) is 0.204. The first-order valence-electron chi connectivity index (χ1n) is 6.77. The van der Waals surface area contributed by atoms with Crippen molar-refractivity contribution in [1.29, 1.82) is 0 Å². The van der Waals surface area contributed by atoms with E-state index in [0.717, 1.165) is 11.3 Å². The van der Waals surface area contributed by atoms with Crippen molar-refractivity contribution in [1.82, 2.24) is 5.43 Å². The van der Waals surface area contributed by atoms with Crippen LogP contribution in [-0.2, 0) is 6.42 Å². The van der Waals surface area contributed by atoms with Crippen molar-refractivity contribution in [2.45, 2.75) is 6.42 Å². The molecule has 0 amide bonds. The number of allylic oxidation sites excluding steroid dienone is 1. The van der Waals surface area contributed by atoms with E-state index in [1.165, 1.54) is 6.21 Å². The first-order chi connectivity index (χ1) is 10.7. The molecule has 0 spiro atoms. The second kappa shape index (κ2) is 7.95. The van der Waals surface area contributed by atoms with Gasteiger partial charge < -0.3 is 10.4 Å². The second-order valence-electron chi connectivity index (χ2n) is 4.54. The summed E-state index contributed by atoms with van der Waals surface area (Å²) < 4.78 is 0. The number of thiocarbonyl (C=S) groups is 1. The Balaban J connectivity index is 1.96. The summed E-state index contributed by atoms with van der Waals surface area (Å²) in [5.41, 5.74) is 5.03. The number of nitrogens with zero attached hydrogens (tertiary/aromatic N) is 1. The van der Waals surface area contributed by atoms with E-state index in [1.807, 2.05) is 42.5 Å². The van der Waals surface area contributed by atoms with E-state index in [4.69, 9.17) is 12.2 Å². The highest BCUT2D eigenvalue weighted by atomic mass is 32.1. The minimum atomic E-state index is 0.204. The Kier molecular flexibility index (Phi) is 5.68. The maximum absolute atomic E-state index is 10.1. The van der Waals surface area contributed by atoms with Gasteiger partial charge in [-0.05, 0) is 42.4 Å². The number of nitrogens with one attached hydrogen (secondary N) is 2. The monoisotopic (exact) mass is 311 g/mol. The predicted octanol–water partition coefficient (Wildman–Crippen LogP) is 3.44. The zero-order chi connectivity index (χ0) is 15.8. The molecular formula is C17H17N3OS. The van der Waals surface area contributed by atoms with Gasteiger partial charge in [-0.25, -0.2) is 0 Å². The Hall–Kier alpha value is -2.66. The van der Waals surface area contributed by atoms with E-state index in [2.05, 4.69) is 22.4 Å². The number of aromatic hydroxyl groups is 1. The fourth-order valence-corrected chi connectivity index (χ4v) is 2.05. The van der Waals surface area contributed by atoms with Gasteiger partial charge in [0.05, 0.1) is 6.21 Å². The van der Waals surface area contributed by atoms with Crippen LogP contribution in [0.4, 0.5) is 5.69 Å². The summed E-state index contributed by atoms with van der Waals surface area (Å²) in [4.78, 5) is 0. The van der Waals surface area contributed by atoms with Gasteiger partial charge in [-0.2, -0.15) is 5.10 Å². The minimum Gasteiger partial charge on any atom is -0.507 e. The largest absolute Gasteiger partial charge is 0.507 e. The van der Waals surface area contributed by atoms with Crippen LogP contribution in [0.5, 0.6) is 5.75 Å². The lowest BCUT2D eigenvalue weighted by atomic mass is 10.1. The third kappa shape index (κ3) is 4.43. The number of rotatable bonds is 5. The van der Waals surface area contributed by atoms with Gasteiger partial charge in [-0.3, -0.25) is 5.43 Å². The van der Waals surface area contributed by atoms with E-state index < -0.39 is 0 Å². The third-order valence-electron chi connectivity index (χ3n) is 2.92. The molecule has 0 saturated carbocycles. The van der Waals surface area contributed by atoms with E-state index in [0.29, 0.717) is 17.1 Å². The topological polar surface area (TPSA) is 56.7 Å². The Bertz CT molecular complexity index is 684.